The van der Waals surface area contributed by atoms with Crippen LogP contribution in [0.1, 0.15) is 101 Å². The van der Waals surface area contributed by atoms with Crippen molar-refractivity contribution in [1.82, 2.24) is 24.4 Å². The summed E-state index contributed by atoms with van der Waals surface area (Å²) < 4.78 is 8.20. The van der Waals surface area contributed by atoms with E-state index in [2.05, 4.69) is 50.4 Å². The van der Waals surface area contributed by atoms with E-state index in [1.165, 1.54) is 50.6 Å². The third-order valence-corrected chi connectivity index (χ3v) is 10.0. The second-order valence-corrected chi connectivity index (χ2v) is 13.4. The van der Waals surface area contributed by atoms with Gasteiger partial charge in [0.2, 0.25) is 5.95 Å². The Morgan fingerprint density at radius 1 is 0.795 bits per heavy atom. The number of rotatable bonds is 15. The zero-order valence-electron chi connectivity index (χ0n) is 26.6. The lowest BCUT2D eigenvalue weighted by Gasteiger charge is -2.32. The molecule has 0 unspecified atom stereocenters. The van der Waals surface area contributed by atoms with Crippen molar-refractivity contribution in [1.29, 1.82) is 0 Å². The van der Waals surface area contributed by atoms with E-state index in [-0.39, 0.29) is 0 Å². The van der Waals surface area contributed by atoms with Gasteiger partial charge in [0.05, 0.1) is 6.33 Å². The lowest BCUT2D eigenvalue weighted by atomic mass is 9.92. The van der Waals surface area contributed by atoms with Gasteiger partial charge in [-0.2, -0.15) is 9.97 Å². The maximum atomic E-state index is 6.18. The van der Waals surface area contributed by atoms with E-state index in [0.717, 1.165) is 107 Å². The largest absolute Gasteiger partial charge is 0.381 e. The number of hydrogen-bond acceptors (Lipinski definition) is 8. The fourth-order valence-electron chi connectivity index (χ4n) is 7.31. The average Bonchev–Trinajstić information content (AvgIpc) is 3.73. The number of piperidine rings is 1. The van der Waals surface area contributed by atoms with Crippen molar-refractivity contribution in [2.24, 2.45) is 5.73 Å². The monoisotopic (exact) mass is 602 g/mol. The molecule has 2 aliphatic carbocycles. The quantitative estimate of drug-likeness (QED) is 0.174. The van der Waals surface area contributed by atoms with Crippen LogP contribution in [-0.4, -0.2) is 75.4 Å². The molecule has 1 aliphatic heterocycles. The molecule has 0 radical (unpaired) electrons. The van der Waals surface area contributed by atoms with E-state index >= 15 is 0 Å². The first kappa shape index (κ1) is 31.2. The van der Waals surface area contributed by atoms with Crippen LogP contribution in [0.2, 0.25) is 0 Å². The zero-order valence-corrected chi connectivity index (χ0v) is 26.6. The van der Waals surface area contributed by atoms with E-state index in [9.17, 15) is 0 Å². The molecule has 2 aromatic heterocycles. The maximum Gasteiger partial charge on any atom is 0.227 e. The molecule has 0 spiro atoms. The second-order valence-electron chi connectivity index (χ2n) is 13.4. The molecule has 3 heterocycles. The number of benzene rings is 1. The topological polar surface area (TPSA) is 106 Å². The Balaban J connectivity index is 0.940. The Morgan fingerprint density at radius 2 is 1.55 bits per heavy atom. The maximum absolute atomic E-state index is 6.18. The van der Waals surface area contributed by atoms with Gasteiger partial charge in [0.25, 0.3) is 0 Å². The molecular formula is C35H54N8O. The van der Waals surface area contributed by atoms with Gasteiger partial charge in [-0.3, -0.25) is 0 Å². The molecule has 3 aliphatic rings. The molecule has 4 N–H and O–H groups in total. The van der Waals surface area contributed by atoms with Gasteiger partial charge in [-0.1, -0.05) is 43.2 Å². The Morgan fingerprint density at radius 3 is 2.34 bits per heavy atom. The number of likely N-dealkylation sites (tertiary alicyclic amines) is 1. The van der Waals surface area contributed by atoms with Crippen LogP contribution in [0.15, 0.2) is 36.7 Å². The summed E-state index contributed by atoms with van der Waals surface area (Å²) in [7, 11) is 0. The SMILES string of the molecule is NC1CCC(Nc2nc(NC3CCN(CCCCCOCCCc4ccccc4)CC3)nc3c2ncn3C2CCCC2)CC1. The van der Waals surface area contributed by atoms with Gasteiger partial charge < -0.3 is 30.6 Å². The highest BCUT2D eigenvalue weighted by Gasteiger charge is 2.26. The predicted octanol–water partition coefficient (Wildman–Crippen LogP) is 6.32. The van der Waals surface area contributed by atoms with E-state index in [4.69, 9.17) is 25.4 Å². The molecule has 9 heteroatoms. The van der Waals surface area contributed by atoms with Crippen LogP contribution in [0.3, 0.4) is 0 Å². The number of ether oxygens (including phenoxy) is 1. The molecule has 1 aromatic carbocycles. The molecule has 9 nitrogen and oxygen atoms in total. The molecule has 0 atom stereocenters. The third-order valence-electron chi connectivity index (χ3n) is 10.0. The predicted molar refractivity (Wildman–Crippen MR) is 179 cm³/mol. The first-order valence-electron chi connectivity index (χ1n) is 17.6. The van der Waals surface area contributed by atoms with Crippen molar-refractivity contribution in [2.45, 2.75) is 120 Å². The van der Waals surface area contributed by atoms with E-state index in [1.807, 2.05) is 6.33 Å². The number of anilines is 2. The number of unbranched alkanes of at least 4 members (excludes halogenated alkanes) is 2. The number of fused-ring (bicyclic) bond motifs is 1. The summed E-state index contributed by atoms with van der Waals surface area (Å²) in [6.45, 7) is 5.19. The summed E-state index contributed by atoms with van der Waals surface area (Å²) >= 11 is 0. The molecular weight excluding hydrogens is 548 g/mol. The van der Waals surface area contributed by atoms with Gasteiger partial charge in [0.1, 0.15) is 0 Å². The van der Waals surface area contributed by atoms with Crippen LogP contribution in [0, 0.1) is 0 Å². The lowest BCUT2D eigenvalue weighted by Crippen LogP contribution is -2.39. The standard InChI is InChI=1S/C35H54N8O/c36-28-15-17-29(18-16-28)38-33-32-34(43(26-37-32)31-13-5-6-14-31)41-35(40-33)39-30-19-22-42(23-20-30)21-7-2-8-24-44-25-9-12-27-10-3-1-4-11-27/h1,3-4,10-11,26,28-31H,2,5-9,12-25,36H2,(H2,38,39,40,41). The van der Waals surface area contributed by atoms with Gasteiger partial charge in [0, 0.05) is 50.5 Å². The molecule has 3 fully saturated rings. The van der Waals surface area contributed by atoms with Crippen molar-refractivity contribution in [3.8, 4) is 0 Å². The van der Waals surface area contributed by atoms with Crippen LogP contribution in [-0.2, 0) is 11.2 Å². The van der Waals surface area contributed by atoms with Gasteiger partial charge in [-0.05, 0) is 95.6 Å². The minimum Gasteiger partial charge on any atom is -0.381 e. The Labute approximate surface area is 263 Å². The first-order valence-corrected chi connectivity index (χ1v) is 17.6. The first-order chi connectivity index (χ1) is 21.7. The molecule has 0 amide bonds. The van der Waals surface area contributed by atoms with E-state index in [0.29, 0.717) is 24.2 Å². The van der Waals surface area contributed by atoms with Crippen LogP contribution in [0.25, 0.3) is 11.2 Å². The Kier molecular flexibility index (Phi) is 11.4. The van der Waals surface area contributed by atoms with Gasteiger partial charge in [-0.15, -0.1) is 0 Å². The Bertz CT molecular complexity index is 1260. The van der Waals surface area contributed by atoms with Crippen LogP contribution in [0.5, 0.6) is 0 Å². The molecule has 6 rings (SSSR count). The second kappa shape index (κ2) is 16.0. The number of nitrogens with zero attached hydrogens (tertiary/aromatic N) is 5. The van der Waals surface area contributed by atoms with Gasteiger partial charge in [0.15, 0.2) is 17.0 Å². The molecule has 240 valence electrons. The summed E-state index contributed by atoms with van der Waals surface area (Å²) in [4.78, 5) is 17.5. The van der Waals surface area contributed by atoms with Crippen molar-refractivity contribution in [3.05, 3.63) is 42.2 Å². The summed E-state index contributed by atoms with van der Waals surface area (Å²) in [5.41, 5.74) is 9.46. The highest BCUT2D eigenvalue weighted by molar-refractivity contribution is 5.84. The summed E-state index contributed by atoms with van der Waals surface area (Å²) in [5, 5.41) is 7.48. The van der Waals surface area contributed by atoms with Crippen LogP contribution >= 0.6 is 0 Å². The van der Waals surface area contributed by atoms with E-state index < -0.39 is 0 Å². The molecule has 44 heavy (non-hydrogen) atoms. The minimum atomic E-state index is 0.331. The molecule has 2 saturated carbocycles. The zero-order chi connectivity index (χ0) is 30.0. The summed E-state index contributed by atoms with van der Waals surface area (Å²) in [5.74, 6) is 1.63. The molecule has 1 saturated heterocycles. The summed E-state index contributed by atoms with van der Waals surface area (Å²) in [6, 6.07) is 12.3. The fourth-order valence-corrected chi connectivity index (χ4v) is 7.31. The minimum absolute atomic E-state index is 0.331. The Hall–Kier alpha value is -2.75. The lowest BCUT2D eigenvalue weighted by molar-refractivity contribution is 0.126. The normalized spacial score (nSPS) is 22.1. The number of hydrogen-bond donors (Lipinski definition) is 3. The number of nitrogens with one attached hydrogen (secondary N) is 2. The number of imidazole rings is 1. The fraction of sp³-hybridized carbons (Fsp3) is 0.686. The molecule has 3 aromatic rings. The third kappa shape index (κ3) is 8.70. The molecule has 0 bridgehead atoms. The summed E-state index contributed by atoms with van der Waals surface area (Å²) in [6.07, 6.45) is 19.4. The van der Waals surface area contributed by atoms with Crippen LogP contribution in [0.4, 0.5) is 11.8 Å². The van der Waals surface area contributed by atoms with Crippen molar-refractivity contribution in [2.75, 3.05) is 43.5 Å². The highest BCUT2D eigenvalue weighted by Crippen LogP contribution is 2.34. The highest BCUT2D eigenvalue weighted by atomic mass is 16.5. The smallest absolute Gasteiger partial charge is 0.227 e. The van der Waals surface area contributed by atoms with Crippen LogP contribution < -0.4 is 16.4 Å². The van der Waals surface area contributed by atoms with E-state index in [1.54, 1.807) is 0 Å². The van der Waals surface area contributed by atoms with Crippen molar-refractivity contribution >= 4 is 22.9 Å². The number of aryl methyl sites for hydroxylation is 1. The average molecular weight is 603 g/mol. The van der Waals surface area contributed by atoms with Crippen molar-refractivity contribution in [3.63, 3.8) is 0 Å². The van der Waals surface area contributed by atoms with Gasteiger partial charge >= 0.3 is 0 Å². The van der Waals surface area contributed by atoms with Crippen molar-refractivity contribution < 1.29 is 4.74 Å². The number of aromatic nitrogens is 4. The number of nitrogens with two attached hydrogens (primary N) is 1. The van der Waals surface area contributed by atoms with Gasteiger partial charge in [-0.25, -0.2) is 4.98 Å².